The molecule has 1 aromatic heterocycles. The number of imidazole rings is 1. The highest BCUT2D eigenvalue weighted by Gasteiger charge is 1.94. The molecule has 68 valence electrons. The van der Waals surface area contributed by atoms with E-state index < -0.39 is 0 Å². The Kier molecular flexibility index (Phi) is 3.69. The molecule has 2 rings (SSSR count). The Morgan fingerprint density at radius 1 is 1.08 bits per heavy atom. The summed E-state index contributed by atoms with van der Waals surface area (Å²) < 4.78 is 0. The van der Waals surface area contributed by atoms with E-state index in [1.807, 2.05) is 36.5 Å². The minimum Gasteiger partial charge on any atom is -0.345 e. The molecule has 1 aromatic carbocycles. The van der Waals surface area contributed by atoms with Crippen molar-refractivity contribution < 1.29 is 0 Å². The Balaban J connectivity index is 0.000000396. The molecule has 0 radical (unpaired) electrons. The highest BCUT2D eigenvalue weighted by molar-refractivity contribution is 5.53. The van der Waals surface area contributed by atoms with Gasteiger partial charge in [-0.1, -0.05) is 30.3 Å². The van der Waals surface area contributed by atoms with Crippen molar-refractivity contribution >= 4 is 0 Å². The first kappa shape index (κ1) is 9.44. The van der Waals surface area contributed by atoms with E-state index in [1.54, 1.807) is 6.20 Å². The first-order chi connectivity index (χ1) is 6.47. The van der Waals surface area contributed by atoms with Crippen LogP contribution in [-0.2, 0) is 0 Å². The lowest BCUT2D eigenvalue weighted by Gasteiger charge is -1.92. The first-order valence-corrected chi connectivity index (χ1v) is 3.85. The number of hydrogen-bond donors (Lipinski definition) is 3. The average Bonchev–Trinajstić information content (AvgIpc) is 2.75. The van der Waals surface area contributed by atoms with E-state index in [9.17, 15) is 0 Å². The summed E-state index contributed by atoms with van der Waals surface area (Å²) in [4.78, 5) is 7.17. The van der Waals surface area contributed by atoms with Gasteiger partial charge in [0.05, 0.1) is 0 Å². The van der Waals surface area contributed by atoms with Crippen molar-refractivity contribution in [3.63, 3.8) is 0 Å². The van der Waals surface area contributed by atoms with Crippen molar-refractivity contribution in [3.8, 4) is 11.4 Å². The summed E-state index contributed by atoms with van der Waals surface area (Å²) >= 11 is 0. The number of nitrogens with one attached hydrogen (secondary N) is 1. The number of aromatic nitrogens is 2. The van der Waals surface area contributed by atoms with E-state index in [1.165, 1.54) is 0 Å². The van der Waals surface area contributed by atoms with Gasteiger partial charge < -0.3 is 4.98 Å². The summed E-state index contributed by atoms with van der Waals surface area (Å²) in [5, 5.41) is 0. The minimum absolute atomic E-state index is 0.922. The van der Waals surface area contributed by atoms with E-state index in [4.69, 9.17) is 0 Å². The molecule has 5 N–H and O–H groups in total. The Morgan fingerprint density at radius 2 is 1.77 bits per heavy atom. The van der Waals surface area contributed by atoms with Crippen LogP contribution < -0.4 is 11.7 Å². The second-order valence-corrected chi connectivity index (χ2v) is 2.30. The number of aromatic amines is 1. The Morgan fingerprint density at radius 3 is 2.31 bits per heavy atom. The lowest BCUT2D eigenvalue weighted by molar-refractivity contribution is 1.26. The largest absolute Gasteiger partial charge is 0.345 e. The summed E-state index contributed by atoms with van der Waals surface area (Å²) in [5.74, 6) is 8.92. The van der Waals surface area contributed by atoms with Gasteiger partial charge in [0.25, 0.3) is 0 Å². The van der Waals surface area contributed by atoms with Crippen LogP contribution in [0.5, 0.6) is 0 Å². The van der Waals surface area contributed by atoms with Crippen LogP contribution in [0.4, 0.5) is 0 Å². The Labute approximate surface area is 76.6 Å². The van der Waals surface area contributed by atoms with Gasteiger partial charge in [0.2, 0.25) is 0 Å². The van der Waals surface area contributed by atoms with E-state index in [2.05, 4.69) is 21.7 Å². The highest BCUT2D eigenvalue weighted by Crippen LogP contribution is 2.11. The number of nitrogens with zero attached hydrogens (tertiary/aromatic N) is 1. The number of nitrogens with two attached hydrogens (primary N) is 2. The molecule has 0 spiro atoms. The van der Waals surface area contributed by atoms with E-state index in [-0.39, 0.29) is 0 Å². The fraction of sp³-hybridized carbons (Fsp3) is 0. The zero-order valence-electron chi connectivity index (χ0n) is 7.14. The maximum Gasteiger partial charge on any atom is 0.137 e. The molecule has 0 fully saturated rings. The molecular weight excluding hydrogens is 164 g/mol. The van der Waals surface area contributed by atoms with Gasteiger partial charge in [0.15, 0.2) is 0 Å². The second-order valence-electron chi connectivity index (χ2n) is 2.30. The van der Waals surface area contributed by atoms with Crippen LogP contribution in [-0.4, -0.2) is 9.97 Å². The lowest BCUT2D eigenvalue weighted by Crippen LogP contribution is -2.02. The third-order valence-corrected chi connectivity index (χ3v) is 1.55. The van der Waals surface area contributed by atoms with Crippen LogP contribution in [0.3, 0.4) is 0 Å². The summed E-state index contributed by atoms with van der Waals surface area (Å²) in [5.41, 5.74) is 1.12. The zero-order valence-corrected chi connectivity index (χ0v) is 7.14. The summed E-state index contributed by atoms with van der Waals surface area (Å²) in [6, 6.07) is 10.0. The molecule has 13 heavy (non-hydrogen) atoms. The van der Waals surface area contributed by atoms with Crippen molar-refractivity contribution in [1.29, 1.82) is 0 Å². The Hall–Kier alpha value is -1.65. The third-order valence-electron chi connectivity index (χ3n) is 1.55. The number of H-pyrrole nitrogens is 1. The lowest BCUT2D eigenvalue weighted by atomic mass is 10.2. The predicted octanol–water partition coefficient (Wildman–Crippen LogP) is 0.895. The molecule has 0 unspecified atom stereocenters. The second kappa shape index (κ2) is 5.08. The van der Waals surface area contributed by atoms with Crippen molar-refractivity contribution in [1.82, 2.24) is 9.97 Å². The standard InChI is InChI=1S/C9H8N2.H4N2/c1-2-4-8(5-3-1)9-10-6-7-11-9;1-2/h1-7H,(H,10,11);1-2H2. The third kappa shape index (κ3) is 2.40. The molecule has 0 bridgehead atoms. The fourth-order valence-electron chi connectivity index (χ4n) is 1.02. The van der Waals surface area contributed by atoms with Crippen LogP contribution in [0.2, 0.25) is 0 Å². The molecule has 0 aliphatic heterocycles. The first-order valence-electron chi connectivity index (χ1n) is 3.85. The maximum absolute atomic E-state index is 4.13. The van der Waals surface area contributed by atoms with Gasteiger partial charge in [0, 0.05) is 18.0 Å². The molecular formula is C9H12N4. The highest BCUT2D eigenvalue weighted by atomic mass is 15.0. The normalized spacial score (nSPS) is 8.77. The number of hydrogen-bond acceptors (Lipinski definition) is 3. The van der Waals surface area contributed by atoms with Gasteiger partial charge in [0.1, 0.15) is 5.82 Å². The van der Waals surface area contributed by atoms with Crippen LogP contribution >= 0.6 is 0 Å². The summed E-state index contributed by atoms with van der Waals surface area (Å²) in [6.07, 6.45) is 3.57. The molecule has 2 aromatic rings. The van der Waals surface area contributed by atoms with Crippen molar-refractivity contribution in [3.05, 3.63) is 42.7 Å². The van der Waals surface area contributed by atoms with Gasteiger partial charge in [-0.2, -0.15) is 0 Å². The van der Waals surface area contributed by atoms with E-state index in [0.717, 1.165) is 11.4 Å². The van der Waals surface area contributed by atoms with Crippen molar-refractivity contribution in [2.45, 2.75) is 0 Å². The smallest absolute Gasteiger partial charge is 0.137 e. The number of rotatable bonds is 1. The van der Waals surface area contributed by atoms with Gasteiger partial charge >= 0.3 is 0 Å². The van der Waals surface area contributed by atoms with Gasteiger partial charge in [-0.25, -0.2) is 4.98 Å². The number of benzene rings is 1. The van der Waals surface area contributed by atoms with E-state index >= 15 is 0 Å². The van der Waals surface area contributed by atoms with Crippen LogP contribution in [0.15, 0.2) is 42.7 Å². The Bertz CT molecular complexity index is 315. The molecule has 0 saturated carbocycles. The fourth-order valence-corrected chi connectivity index (χ4v) is 1.02. The van der Waals surface area contributed by atoms with Crippen LogP contribution in [0.1, 0.15) is 0 Å². The predicted molar refractivity (Wildman–Crippen MR) is 52.4 cm³/mol. The molecule has 0 saturated heterocycles. The maximum atomic E-state index is 4.13. The quantitative estimate of drug-likeness (QED) is 0.446. The summed E-state index contributed by atoms with van der Waals surface area (Å²) in [7, 11) is 0. The molecule has 0 atom stereocenters. The van der Waals surface area contributed by atoms with Gasteiger partial charge in [-0.3, -0.25) is 11.7 Å². The summed E-state index contributed by atoms with van der Waals surface area (Å²) in [6.45, 7) is 0. The molecule has 4 nitrogen and oxygen atoms in total. The monoisotopic (exact) mass is 176 g/mol. The SMILES string of the molecule is NN.c1ccc(-c2ncc[nH]2)cc1. The molecule has 0 aliphatic carbocycles. The van der Waals surface area contributed by atoms with E-state index in [0.29, 0.717) is 0 Å². The minimum atomic E-state index is 0.922. The van der Waals surface area contributed by atoms with Crippen molar-refractivity contribution in [2.75, 3.05) is 0 Å². The van der Waals surface area contributed by atoms with Gasteiger partial charge in [-0.05, 0) is 0 Å². The van der Waals surface area contributed by atoms with Crippen LogP contribution in [0.25, 0.3) is 11.4 Å². The molecule has 1 heterocycles. The molecule has 0 amide bonds. The van der Waals surface area contributed by atoms with Crippen LogP contribution in [0, 0.1) is 0 Å². The van der Waals surface area contributed by atoms with Gasteiger partial charge in [-0.15, -0.1) is 0 Å². The number of hydrazine groups is 1. The molecule has 0 aliphatic rings. The van der Waals surface area contributed by atoms with Crippen molar-refractivity contribution in [2.24, 2.45) is 11.7 Å². The average molecular weight is 176 g/mol. The molecule has 4 heteroatoms. The zero-order chi connectivity index (χ0) is 9.52. The topological polar surface area (TPSA) is 80.7 Å².